The third-order valence-electron chi connectivity index (χ3n) is 3.80. The van der Waals surface area contributed by atoms with Crippen LogP contribution in [0, 0.1) is 0 Å². The SMILES string of the molecule is COC1CNC(C(=O)c2cccc3ccccc23)C1. The van der Waals surface area contributed by atoms with E-state index in [4.69, 9.17) is 4.74 Å². The molecule has 0 amide bonds. The first-order chi connectivity index (χ1) is 9.29. The number of ether oxygens (including phenoxy) is 1. The summed E-state index contributed by atoms with van der Waals surface area (Å²) in [6.07, 6.45) is 0.891. The van der Waals surface area contributed by atoms with Crippen LogP contribution in [0.15, 0.2) is 42.5 Å². The van der Waals surface area contributed by atoms with Crippen LogP contribution >= 0.6 is 0 Å². The van der Waals surface area contributed by atoms with Gasteiger partial charge < -0.3 is 10.1 Å². The van der Waals surface area contributed by atoms with E-state index in [9.17, 15) is 4.79 Å². The maximum atomic E-state index is 12.6. The quantitative estimate of drug-likeness (QED) is 0.856. The van der Waals surface area contributed by atoms with Gasteiger partial charge in [-0.2, -0.15) is 0 Å². The van der Waals surface area contributed by atoms with Gasteiger partial charge in [-0.05, 0) is 17.2 Å². The monoisotopic (exact) mass is 255 g/mol. The fourth-order valence-electron chi connectivity index (χ4n) is 2.71. The first-order valence-corrected chi connectivity index (χ1v) is 6.58. The third-order valence-corrected chi connectivity index (χ3v) is 3.80. The van der Waals surface area contributed by atoms with Crippen molar-refractivity contribution in [3.05, 3.63) is 48.0 Å². The van der Waals surface area contributed by atoms with Gasteiger partial charge in [0.2, 0.25) is 0 Å². The zero-order valence-electron chi connectivity index (χ0n) is 10.9. The molecule has 0 spiro atoms. The Balaban J connectivity index is 1.94. The van der Waals surface area contributed by atoms with E-state index in [1.807, 2.05) is 42.5 Å². The van der Waals surface area contributed by atoms with Gasteiger partial charge in [-0.1, -0.05) is 42.5 Å². The minimum Gasteiger partial charge on any atom is -0.380 e. The van der Waals surface area contributed by atoms with Crippen molar-refractivity contribution in [2.24, 2.45) is 0 Å². The molecular formula is C16H17NO2. The summed E-state index contributed by atoms with van der Waals surface area (Å²) in [6.45, 7) is 0.748. The second-order valence-corrected chi connectivity index (χ2v) is 4.95. The molecule has 3 rings (SSSR count). The highest BCUT2D eigenvalue weighted by Gasteiger charge is 2.30. The van der Waals surface area contributed by atoms with Crippen LogP contribution in [0.3, 0.4) is 0 Å². The summed E-state index contributed by atoms with van der Waals surface area (Å²) in [5, 5.41) is 5.38. The first kappa shape index (κ1) is 12.3. The standard InChI is InChI=1S/C16H17NO2/c1-19-12-9-15(17-10-12)16(18)14-8-4-6-11-5-2-3-7-13(11)14/h2-8,12,15,17H,9-10H2,1H3. The Kier molecular flexibility index (Phi) is 3.32. The molecule has 3 nitrogen and oxygen atoms in total. The smallest absolute Gasteiger partial charge is 0.180 e. The summed E-state index contributed by atoms with van der Waals surface area (Å²) in [4.78, 5) is 12.6. The average molecular weight is 255 g/mol. The van der Waals surface area contributed by atoms with Crippen molar-refractivity contribution in [3.63, 3.8) is 0 Å². The molecule has 2 aromatic carbocycles. The van der Waals surface area contributed by atoms with Crippen LogP contribution in [0.25, 0.3) is 10.8 Å². The van der Waals surface area contributed by atoms with E-state index >= 15 is 0 Å². The summed E-state index contributed by atoms with van der Waals surface area (Å²) in [6, 6.07) is 13.8. The Bertz CT molecular complexity index is 603. The van der Waals surface area contributed by atoms with Crippen LogP contribution in [-0.4, -0.2) is 31.6 Å². The number of carbonyl (C=O) groups excluding carboxylic acids is 1. The van der Waals surface area contributed by atoms with E-state index in [1.54, 1.807) is 7.11 Å². The maximum absolute atomic E-state index is 12.6. The van der Waals surface area contributed by atoms with Gasteiger partial charge in [0.05, 0.1) is 12.1 Å². The summed E-state index contributed by atoms with van der Waals surface area (Å²) in [7, 11) is 1.69. The molecule has 1 heterocycles. The molecule has 1 saturated heterocycles. The maximum Gasteiger partial charge on any atom is 0.180 e. The lowest BCUT2D eigenvalue weighted by molar-refractivity contribution is 0.0920. The molecule has 0 aliphatic carbocycles. The molecule has 0 saturated carbocycles. The molecule has 19 heavy (non-hydrogen) atoms. The van der Waals surface area contributed by atoms with Gasteiger partial charge >= 0.3 is 0 Å². The number of methoxy groups -OCH3 is 1. The molecule has 1 fully saturated rings. The molecule has 98 valence electrons. The first-order valence-electron chi connectivity index (χ1n) is 6.58. The van der Waals surface area contributed by atoms with Gasteiger partial charge in [-0.3, -0.25) is 4.79 Å². The van der Waals surface area contributed by atoms with Gasteiger partial charge in [0.1, 0.15) is 0 Å². The van der Waals surface area contributed by atoms with Crippen molar-refractivity contribution >= 4 is 16.6 Å². The zero-order chi connectivity index (χ0) is 13.2. The molecule has 0 bridgehead atoms. The van der Waals surface area contributed by atoms with Crippen molar-refractivity contribution in [2.75, 3.05) is 13.7 Å². The molecular weight excluding hydrogens is 238 g/mol. The number of hydrogen-bond donors (Lipinski definition) is 1. The van der Waals surface area contributed by atoms with E-state index < -0.39 is 0 Å². The number of hydrogen-bond acceptors (Lipinski definition) is 3. The molecule has 2 unspecified atom stereocenters. The predicted molar refractivity (Wildman–Crippen MR) is 75.5 cm³/mol. The van der Waals surface area contributed by atoms with Gasteiger partial charge in [0.25, 0.3) is 0 Å². The number of rotatable bonds is 3. The highest BCUT2D eigenvalue weighted by Crippen LogP contribution is 2.22. The predicted octanol–water partition coefficient (Wildman–Crippen LogP) is 2.40. The van der Waals surface area contributed by atoms with E-state index in [0.717, 1.165) is 29.3 Å². The van der Waals surface area contributed by atoms with Crippen LogP contribution in [0.5, 0.6) is 0 Å². The Morgan fingerprint density at radius 3 is 2.79 bits per heavy atom. The van der Waals surface area contributed by atoms with Crippen molar-refractivity contribution < 1.29 is 9.53 Å². The fraction of sp³-hybridized carbons (Fsp3) is 0.312. The summed E-state index contributed by atoms with van der Waals surface area (Å²) in [5.41, 5.74) is 0.798. The molecule has 2 atom stereocenters. The highest BCUT2D eigenvalue weighted by atomic mass is 16.5. The number of Topliss-reactive ketones (excluding diaryl/α,β-unsaturated/α-hetero) is 1. The van der Waals surface area contributed by atoms with Gasteiger partial charge in [0.15, 0.2) is 5.78 Å². The van der Waals surface area contributed by atoms with Crippen LogP contribution in [-0.2, 0) is 4.74 Å². The number of nitrogens with one attached hydrogen (secondary N) is 1. The van der Waals surface area contributed by atoms with Gasteiger partial charge in [0, 0.05) is 19.2 Å². The molecule has 0 radical (unpaired) electrons. The van der Waals surface area contributed by atoms with Crippen molar-refractivity contribution in [2.45, 2.75) is 18.6 Å². The Labute approximate surface area is 112 Å². The van der Waals surface area contributed by atoms with Crippen molar-refractivity contribution in [1.29, 1.82) is 0 Å². The van der Waals surface area contributed by atoms with Crippen LogP contribution < -0.4 is 5.32 Å². The molecule has 3 heteroatoms. The van der Waals surface area contributed by atoms with Gasteiger partial charge in [-0.25, -0.2) is 0 Å². The lowest BCUT2D eigenvalue weighted by Gasteiger charge is -2.11. The number of ketones is 1. The van der Waals surface area contributed by atoms with E-state index in [2.05, 4.69) is 5.32 Å². The molecule has 1 aliphatic heterocycles. The lowest BCUT2D eigenvalue weighted by atomic mass is 9.96. The molecule has 0 aromatic heterocycles. The van der Waals surface area contributed by atoms with Crippen molar-refractivity contribution in [3.8, 4) is 0 Å². The summed E-state index contributed by atoms with van der Waals surface area (Å²) in [5.74, 6) is 0.163. The van der Waals surface area contributed by atoms with E-state index in [0.29, 0.717) is 0 Å². The largest absolute Gasteiger partial charge is 0.380 e. The average Bonchev–Trinajstić information content (AvgIpc) is 2.95. The fourth-order valence-corrected chi connectivity index (χ4v) is 2.71. The Morgan fingerprint density at radius 1 is 1.21 bits per heavy atom. The van der Waals surface area contributed by atoms with Crippen LogP contribution in [0.2, 0.25) is 0 Å². The summed E-state index contributed by atoms with van der Waals surface area (Å²) >= 11 is 0. The third kappa shape index (κ3) is 2.27. The summed E-state index contributed by atoms with van der Waals surface area (Å²) < 4.78 is 5.30. The lowest BCUT2D eigenvalue weighted by Crippen LogP contribution is -2.30. The minimum absolute atomic E-state index is 0.129. The minimum atomic E-state index is -0.129. The molecule has 1 N–H and O–H groups in total. The van der Waals surface area contributed by atoms with E-state index in [1.165, 1.54) is 0 Å². The zero-order valence-corrected chi connectivity index (χ0v) is 10.9. The Morgan fingerprint density at radius 2 is 2.00 bits per heavy atom. The van der Waals surface area contributed by atoms with E-state index in [-0.39, 0.29) is 17.9 Å². The normalized spacial score (nSPS) is 22.8. The van der Waals surface area contributed by atoms with Gasteiger partial charge in [-0.15, -0.1) is 0 Å². The van der Waals surface area contributed by atoms with Crippen LogP contribution in [0.1, 0.15) is 16.8 Å². The van der Waals surface area contributed by atoms with Crippen LogP contribution in [0.4, 0.5) is 0 Å². The number of fused-ring (bicyclic) bond motifs is 1. The number of carbonyl (C=O) groups is 1. The second-order valence-electron chi connectivity index (χ2n) is 4.95. The Hall–Kier alpha value is -1.71. The number of benzene rings is 2. The highest BCUT2D eigenvalue weighted by molar-refractivity contribution is 6.10. The van der Waals surface area contributed by atoms with Crippen molar-refractivity contribution in [1.82, 2.24) is 5.32 Å². The molecule has 2 aromatic rings. The second kappa shape index (κ2) is 5.11. The topological polar surface area (TPSA) is 38.3 Å². The molecule has 1 aliphatic rings.